The molecule has 0 radical (unpaired) electrons. The molecule has 1 aromatic rings. The summed E-state index contributed by atoms with van der Waals surface area (Å²) in [5, 5.41) is 0.339. The number of ether oxygens (including phenoxy) is 1. The summed E-state index contributed by atoms with van der Waals surface area (Å²) >= 11 is 6.02. The van der Waals surface area contributed by atoms with Gasteiger partial charge >= 0.3 is 0 Å². The summed E-state index contributed by atoms with van der Waals surface area (Å²) in [7, 11) is 0. The second-order valence-electron chi connectivity index (χ2n) is 6.27. The van der Waals surface area contributed by atoms with Crippen LogP contribution in [0.1, 0.15) is 44.1 Å². The molecule has 3 rings (SSSR count). The first-order valence-corrected chi connectivity index (χ1v) is 8.07. The van der Waals surface area contributed by atoms with Gasteiger partial charge in [-0.05, 0) is 37.8 Å². The van der Waals surface area contributed by atoms with Crippen LogP contribution >= 0.6 is 11.6 Å². The van der Waals surface area contributed by atoms with Gasteiger partial charge in [0.15, 0.2) is 0 Å². The maximum Gasteiger partial charge on any atom is 0.140 e. The van der Waals surface area contributed by atoms with Crippen molar-refractivity contribution in [1.29, 1.82) is 0 Å². The maximum absolute atomic E-state index is 13.8. The third-order valence-electron chi connectivity index (χ3n) is 4.88. The van der Waals surface area contributed by atoms with Gasteiger partial charge in [0, 0.05) is 29.5 Å². The van der Waals surface area contributed by atoms with Crippen LogP contribution in [0.15, 0.2) is 18.2 Å². The fourth-order valence-corrected chi connectivity index (χ4v) is 3.92. The lowest BCUT2D eigenvalue weighted by molar-refractivity contribution is -0.135. The fraction of sp³-hybridized carbons (Fsp3) is 0.588. The summed E-state index contributed by atoms with van der Waals surface area (Å²) < 4.78 is 19.8. The van der Waals surface area contributed by atoms with Crippen molar-refractivity contribution in [3.63, 3.8) is 0 Å². The highest BCUT2D eigenvalue weighted by molar-refractivity contribution is 6.31. The number of hydrogen-bond acceptors (Lipinski definition) is 2. The monoisotopic (exact) mass is 310 g/mol. The van der Waals surface area contributed by atoms with Crippen molar-refractivity contribution in [2.75, 3.05) is 6.61 Å². The molecule has 1 atom stereocenters. The van der Waals surface area contributed by atoms with Crippen LogP contribution in [0.2, 0.25) is 5.02 Å². The Kier molecular flexibility index (Phi) is 4.32. The molecule has 4 heteroatoms. The molecule has 1 spiro atoms. The molecular formula is C17H20ClFO2. The molecule has 0 amide bonds. The van der Waals surface area contributed by atoms with Crippen molar-refractivity contribution < 1.29 is 13.9 Å². The van der Waals surface area contributed by atoms with Crippen LogP contribution in [0.5, 0.6) is 0 Å². The molecule has 1 saturated carbocycles. The van der Waals surface area contributed by atoms with Gasteiger partial charge in [-0.1, -0.05) is 30.5 Å². The first-order chi connectivity index (χ1) is 10.1. The molecule has 1 saturated heterocycles. The Hall–Kier alpha value is -0.930. The summed E-state index contributed by atoms with van der Waals surface area (Å²) in [6, 6.07) is 4.56. The van der Waals surface area contributed by atoms with Gasteiger partial charge in [-0.3, -0.25) is 4.79 Å². The standard InChI is InChI=1S/C17H20ClFO2/c18-14-4-3-5-15(19)13(14)10-16(20)12-6-9-21-17(11-12)7-1-2-8-17/h3-5,12H,1-2,6-11H2. The summed E-state index contributed by atoms with van der Waals surface area (Å²) in [6.45, 7) is 0.640. The Balaban J connectivity index is 1.70. The van der Waals surface area contributed by atoms with Gasteiger partial charge < -0.3 is 4.74 Å². The minimum Gasteiger partial charge on any atom is -0.375 e. The topological polar surface area (TPSA) is 26.3 Å². The average Bonchev–Trinajstić information content (AvgIpc) is 2.91. The Bertz CT molecular complexity index is 517. The quantitative estimate of drug-likeness (QED) is 0.830. The van der Waals surface area contributed by atoms with Gasteiger partial charge in [0.1, 0.15) is 11.6 Å². The van der Waals surface area contributed by atoms with Crippen molar-refractivity contribution >= 4 is 17.4 Å². The molecule has 0 bridgehead atoms. The highest BCUT2D eigenvalue weighted by Crippen LogP contribution is 2.42. The van der Waals surface area contributed by atoms with Crippen molar-refractivity contribution in [2.45, 2.75) is 50.5 Å². The van der Waals surface area contributed by atoms with E-state index in [9.17, 15) is 9.18 Å². The second kappa shape index (κ2) is 6.05. The van der Waals surface area contributed by atoms with Crippen molar-refractivity contribution in [3.05, 3.63) is 34.6 Å². The van der Waals surface area contributed by atoms with E-state index in [1.54, 1.807) is 12.1 Å². The van der Waals surface area contributed by atoms with E-state index in [4.69, 9.17) is 16.3 Å². The number of rotatable bonds is 3. The molecular weight excluding hydrogens is 291 g/mol. The van der Waals surface area contributed by atoms with Crippen LogP contribution in [0, 0.1) is 11.7 Å². The Morgan fingerprint density at radius 3 is 2.86 bits per heavy atom. The number of hydrogen-bond donors (Lipinski definition) is 0. The molecule has 2 nitrogen and oxygen atoms in total. The zero-order chi connectivity index (χ0) is 14.9. The Labute approximate surface area is 129 Å². The number of benzene rings is 1. The Morgan fingerprint density at radius 1 is 1.38 bits per heavy atom. The van der Waals surface area contributed by atoms with E-state index in [0.717, 1.165) is 25.7 Å². The van der Waals surface area contributed by atoms with E-state index in [2.05, 4.69) is 0 Å². The minimum absolute atomic E-state index is 0.0208. The molecule has 1 aliphatic heterocycles. The molecule has 1 unspecified atom stereocenters. The number of Topliss-reactive ketones (excluding diaryl/α,β-unsaturated/α-hetero) is 1. The highest BCUT2D eigenvalue weighted by atomic mass is 35.5. The van der Waals surface area contributed by atoms with Crippen LogP contribution in [0.3, 0.4) is 0 Å². The third kappa shape index (κ3) is 3.14. The maximum atomic E-state index is 13.8. The lowest BCUT2D eigenvalue weighted by atomic mass is 9.81. The summed E-state index contributed by atoms with van der Waals surface area (Å²) in [6.07, 6.45) is 6.09. The van der Waals surface area contributed by atoms with Gasteiger partial charge in [0.05, 0.1) is 5.60 Å². The molecule has 21 heavy (non-hydrogen) atoms. The first kappa shape index (κ1) is 15.0. The third-order valence-corrected chi connectivity index (χ3v) is 5.23. The predicted molar refractivity (Wildman–Crippen MR) is 80.0 cm³/mol. The Morgan fingerprint density at radius 2 is 2.14 bits per heavy atom. The number of carbonyl (C=O) groups is 1. The number of ketones is 1. The highest BCUT2D eigenvalue weighted by Gasteiger charge is 2.41. The lowest BCUT2D eigenvalue weighted by Gasteiger charge is -2.37. The molecule has 1 heterocycles. The summed E-state index contributed by atoms with van der Waals surface area (Å²) in [5.74, 6) is -0.317. The normalized spacial score (nSPS) is 24.4. The zero-order valence-corrected chi connectivity index (χ0v) is 12.8. The van der Waals surface area contributed by atoms with Crippen molar-refractivity contribution in [3.8, 4) is 0 Å². The van der Waals surface area contributed by atoms with Gasteiger partial charge in [0.25, 0.3) is 0 Å². The van der Waals surface area contributed by atoms with E-state index in [0.29, 0.717) is 17.2 Å². The number of halogens is 2. The van der Waals surface area contributed by atoms with Gasteiger partial charge in [-0.15, -0.1) is 0 Å². The first-order valence-electron chi connectivity index (χ1n) is 7.69. The van der Waals surface area contributed by atoms with Crippen molar-refractivity contribution in [1.82, 2.24) is 0 Å². The van der Waals surface area contributed by atoms with E-state index in [1.807, 2.05) is 0 Å². The van der Waals surface area contributed by atoms with E-state index >= 15 is 0 Å². The largest absolute Gasteiger partial charge is 0.375 e. The molecule has 114 valence electrons. The molecule has 2 fully saturated rings. The van der Waals surface area contributed by atoms with Crippen LogP contribution in [0.4, 0.5) is 4.39 Å². The average molecular weight is 311 g/mol. The SMILES string of the molecule is O=C(Cc1c(F)cccc1Cl)C1CCOC2(CCCC2)C1. The van der Waals surface area contributed by atoms with Gasteiger partial charge in [0.2, 0.25) is 0 Å². The molecule has 1 aliphatic carbocycles. The summed E-state index contributed by atoms with van der Waals surface area (Å²) in [4.78, 5) is 12.5. The van der Waals surface area contributed by atoms with Crippen LogP contribution < -0.4 is 0 Å². The minimum atomic E-state index is -0.390. The lowest BCUT2D eigenvalue weighted by Crippen LogP contribution is -2.40. The van der Waals surface area contributed by atoms with Gasteiger partial charge in [-0.2, -0.15) is 0 Å². The van der Waals surface area contributed by atoms with E-state index in [-0.39, 0.29) is 23.7 Å². The van der Waals surface area contributed by atoms with Crippen molar-refractivity contribution in [2.24, 2.45) is 5.92 Å². The van der Waals surface area contributed by atoms with Crippen LogP contribution in [0.25, 0.3) is 0 Å². The zero-order valence-electron chi connectivity index (χ0n) is 12.0. The fourth-order valence-electron chi connectivity index (χ4n) is 3.69. The second-order valence-corrected chi connectivity index (χ2v) is 6.68. The molecule has 0 N–H and O–H groups in total. The molecule has 0 aromatic heterocycles. The van der Waals surface area contributed by atoms with Crippen LogP contribution in [-0.2, 0) is 16.0 Å². The number of carbonyl (C=O) groups excluding carboxylic acids is 1. The van der Waals surface area contributed by atoms with E-state index in [1.165, 1.54) is 18.9 Å². The van der Waals surface area contributed by atoms with Gasteiger partial charge in [-0.25, -0.2) is 4.39 Å². The molecule has 1 aromatic carbocycles. The van der Waals surface area contributed by atoms with E-state index < -0.39 is 5.82 Å². The predicted octanol–water partition coefficient (Wildman–Crippen LogP) is 4.33. The summed E-state index contributed by atoms with van der Waals surface area (Å²) in [5.41, 5.74) is 0.244. The smallest absolute Gasteiger partial charge is 0.140 e. The van der Waals surface area contributed by atoms with Crippen LogP contribution in [-0.4, -0.2) is 18.0 Å². The molecule has 2 aliphatic rings.